The molecule has 0 aromatic heterocycles. The average Bonchev–Trinajstić information content (AvgIpc) is 2.28. The van der Waals surface area contributed by atoms with Crippen LogP contribution < -0.4 is 5.32 Å². The molecule has 0 aliphatic carbocycles. The number of hydrogen-bond donors (Lipinski definition) is 2. The van der Waals surface area contributed by atoms with Crippen molar-refractivity contribution >= 4 is 23.2 Å². The number of rotatable bonds is 2. The zero-order valence-electron chi connectivity index (χ0n) is 10.8. The summed E-state index contributed by atoms with van der Waals surface area (Å²) in [5.74, 6) is 0. The van der Waals surface area contributed by atoms with Gasteiger partial charge in [0.2, 0.25) is 0 Å². The summed E-state index contributed by atoms with van der Waals surface area (Å²) < 4.78 is 0. The van der Waals surface area contributed by atoms with Crippen molar-refractivity contribution < 1.29 is 5.11 Å². The molecule has 2 rings (SSSR count). The smallest absolute Gasteiger partial charge is 0.0763 e. The third-order valence-corrected chi connectivity index (χ3v) is 4.78. The molecule has 1 aromatic rings. The first kappa shape index (κ1) is 14.1. The van der Waals surface area contributed by atoms with Crippen LogP contribution in [0.4, 0.5) is 0 Å². The van der Waals surface area contributed by atoms with E-state index in [1.54, 1.807) is 0 Å². The van der Waals surface area contributed by atoms with Crippen LogP contribution in [0.2, 0.25) is 10.0 Å². The molecule has 0 spiro atoms. The van der Waals surface area contributed by atoms with Crippen LogP contribution in [0.15, 0.2) is 18.2 Å². The van der Waals surface area contributed by atoms with E-state index in [0.717, 1.165) is 18.7 Å². The highest BCUT2D eigenvalue weighted by Crippen LogP contribution is 2.40. The summed E-state index contributed by atoms with van der Waals surface area (Å²) in [6.07, 6.45) is 1.21. The largest absolute Gasteiger partial charge is 0.389 e. The van der Waals surface area contributed by atoms with Gasteiger partial charge in [-0.25, -0.2) is 0 Å². The van der Waals surface area contributed by atoms with Crippen LogP contribution in [-0.4, -0.2) is 23.8 Å². The van der Waals surface area contributed by atoms with E-state index >= 15 is 0 Å². The Bertz CT molecular complexity index is 427. The molecule has 2 N–H and O–H groups in total. The fraction of sp³-hybridized carbons (Fsp3) is 0.571. The highest BCUT2D eigenvalue weighted by molar-refractivity contribution is 6.36. The number of benzene rings is 1. The zero-order valence-corrected chi connectivity index (χ0v) is 12.3. The monoisotopic (exact) mass is 287 g/mol. The summed E-state index contributed by atoms with van der Waals surface area (Å²) >= 11 is 12.4. The van der Waals surface area contributed by atoms with Gasteiger partial charge in [-0.2, -0.15) is 0 Å². The maximum atomic E-state index is 10.9. The fourth-order valence-electron chi connectivity index (χ4n) is 2.52. The summed E-state index contributed by atoms with van der Waals surface area (Å²) in [4.78, 5) is 0. The Hall–Kier alpha value is -0.280. The normalized spacial score (nSPS) is 27.2. The van der Waals surface area contributed by atoms with Crippen molar-refractivity contribution in [2.45, 2.75) is 32.3 Å². The molecule has 1 saturated heterocycles. The van der Waals surface area contributed by atoms with Gasteiger partial charge in [0.25, 0.3) is 0 Å². The van der Waals surface area contributed by atoms with Gasteiger partial charge in [-0.15, -0.1) is 0 Å². The first-order chi connectivity index (χ1) is 8.36. The molecule has 0 radical (unpaired) electrons. The number of piperidine rings is 1. The first-order valence-electron chi connectivity index (χ1n) is 6.22. The van der Waals surface area contributed by atoms with Crippen molar-refractivity contribution in [2.75, 3.05) is 13.1 Å². The van der Waals surface area contributed by atoms with E-state index in [1.807, 2.05) is 18.2 Å². The maximum Gasteiger partial charge on any atom is 0.0763 e. The molecule has 1 aliphatic heterocycles. The summed E-state index contributed by atoms with van der Waals surface area (Å²) in [6, 6.07) is 5.46. The molecule has 1 aliphatic rings. The lowest BCUT2D eigenvalue weighted by atomic mass is 9.68. The van der Waals surface area contributed by atoms with Crippen molar-refractivity contribution in [2.24, 2.45) is 5.41 Å². The van der Waals surface area contributed by atoms with Crippen LogP contribution >= 0.6 is 23.2 Å². The van der Waals surface area contributed by atoms with Crippen LogP contribution in [0, 0.1) is 5.41 Å². The maximum absolute atomic E-state index is 10.9. The number of hydrogen-bond acceptors (Lipinski definition) is 2. The van der Waals surface area contributed by atoms with E-state index in [1.165, 1.54) is 0 Å². The van der Waals surface area contributed by atoms with Gasteiger partial charge in [0.15, 0.2) is 0 Å². The van der Waals surface area contributed by atoms with Gasteiger partial charge in [-0.05, 0) is 30.7 Å². The second-order valence-electron chi connectivity index (χ2n) is 5.72. The quantitative estimate of drug-likeness (QED) is 0.875. The first-order valence-corrected chi connectivity index (χ1v) is 6.97. The van der Waals surface area contributed by atoms with Crippen LogP contribution in [0.3, 0.4) is 0 Å². The van der Waals surface area contributed by atoms with E-state index in [2.05, 4.69) is 19.2 Å². The number of aliphatic hydroxyl groups is 1. The van der Waals surface area contributed by atoms with Crippen LogP contribution in [-0.2, 0) is 6.42 Å². The summed E-state index contributed by atoms with van der Waals surface area (Å²) in [7, 11) is 0. The van der Waals surface area contributed by atoms with Gasteiger partial charge in [-0.1, -0.05) is 43.1 Å². The second kappa shape index (κ2) is 5.01. The summed E-state index contributed by atoms with van der Waals surface area (Å²) in [5.41, 5.74) is -0.126. The standard InChI is InChI=1S/C14H19Cl2NO/c1-13(2)9-17-7-6-14(13,18)8-10-11(15)4-3-5-12(10)16/h3-5,17-18H,6-9H2,1-2H3. The van der Waals surface area contributed by atoms with Crippen molar-refractivity contribution in [3.8, 4) is 0 Å². The predicted molar refractivity (Wildman–Crippen MR) is 76.4 cm³/mol. The summed E-state index contributed by atoms with van der Waals surface area (Å²) in [6.45, 7) is 5.77. The van der Waals surface area contributed by atoms with E-state index in [4.69, 9.17) is 23.2 Å². The van der Waals surface area contributed by atoms with Gasteiger partial charge < -0.3 is 10.4 Å². The van der Waals surface area contributed by atoms with Crippen molar-refractivity contribution in [1.29, 1.82) is 0 Å². The van der Waals surface area contributed by atoms with Crippen LogP contribution in [0.5, 0.6) is 0 Å². The molecule has 2 nitrogen and oxygen atoms in total. The Morgan fingerprint density at radius 2 is 1.89 bits per heavy atom. The Balaban J connectivity index is 2.32. The van der Waals surface area contributed by atoms with Crippen molar-refractivity contribution in [3.63, 3.8) is 0 Å². The highest BCUT2D eigenvalue weighted by atomic mass is 35.5. The minimum atomic E-state index is -0.771. The lowest BCUT2D eigenvalue weighted by Crippen LogP contribution is -2.57. The van der Waals surface area contributed by atoms with E-state index < -0.39 is 5.60 Å². The molecule has 1 atom stereocenters. The third kappa shape index (κ3) is 2.53. The minimum absolute atomic E-state index is 0.201. The van der Waals surface area contributed by atoms with E-state index in [-0.39, 0.29) is 5.41 Å². The predicted octanol–water partition coefficient (Wildman–Crippen LogP) is 3.29. The number of nitrogens with one attached hydrogen (secondary N) is 1. The molecular weight excluding hydrogens is 269 g/mol. The molecule has 1 heterocycles. The molecule has 0 bridgehead atoms. The highest BCUT2D eigenvalue weighted by Gasteiger charge is 2.45. The molecule has 1 aromatic carbocycles. The summed E-state index contributed by atoms with van der Waals surface area (Å²) in [5, 5.41) is 15.5. The Labute approximate surface area is 118 Å². The van der Waals surface area contributed by atoms with Crippen LogP contribution in [0.1, 0.15) is 25.8 Å². The van der Waals surface area contributed by atoms with Gasteiger partial charge in [0, 0.05) is 28.4 Å². The number of halogens is 2. The van der Waals surface area contributed by atoms with E-state index in [9.17, 15) is 5.11 Å². The second-order valence-corrected chi connectivity index (χ2v) is 6.53. The molecule has 4 heteroatoms. The molecular formula is C14H19Cl2NO. The zero-order chi connectivity index (χ0) is 13.4. The van der Waals surface area contributed by atoms with Crippen molar-refractivity contribution in [3.05, 3.63) is 33.8 Å². The van der Waals surface area contributed by atoms with E-state index in [0.29, 0.717) is 22.9 Å². The Morgan fingerprint density at radius 3 is 2.44 bits per heavy atom. The fourth-order valence-corrected chi connectivity index (χ4v) is 3.05. The topological polar surface area (TPSA) is 32.3 Å². The Morgan fingerprint density at radius 1 is 1.28 bits per heavy atom. The van der Waals surface area contributed by atoms with Gasteiger partial charge in [0.05, 0.1) is 5.60 Å². The lowest BCUT2D eigenvalue weighted by molar-refractivity contribution is -0.0869. The molecule has 1 unspecified atom stereocenters. The molecule has 100 valence electrons. The minimum Gasteiger partial charge on any atom is -0.389 e. The van der Waals surface area contributed by atoms with Crippen molar-refractivity contribution in [1.82, 2.24) is 5.32 Å². The average molecular weight is 288 g/mol. The molecule has 0 amide bonds. The van der Waals surface area contributed by atoms with Crippen LogP contribution in [0.25, 0.3) is 0 Å². The van der Waals surface area contributed by atoms with Gasteiger partial charge >= 0.3 is 0 Å². The van der Waals surface area contributed by atoms with Gasteiger partial charge in [0.1, 0.15) is 0 Å². The third-order valence-electron chi connectivity index (χ3n) is 4.07. The molecule has 1 fully saturated rings. The Kier molecular flexibility index (Phi) is 3.93. The lowest BCUT2D eigenvalue weighted by Gasteiger charge is -2.47. The molecule has 18 heavy (non-hydrogen) atoms. The molecule has 0 saturated carbocycles. The SMILES string of the molecule is CC1(C)CNCCC1(O)Cc1c(Cl)cccc1Cl. The van der Waals surface area contributed by atoms with Gasteiger partial charge in [-0.3, -0.25) is 0 Å².